The van der Waals surface area contributed by atoms with E-state index in [1.165, 1.54) is 0 Å². The van der Waals surface area contributed by atoms with Crippen molar-refractivity contribution in [1.29, 1.82) is 0 Å². The molecule has 0 fully saturated rings. The number of hydrogen-bond donors (Lipinski definition) is 0. The Morgan fingerprint density at radius 1 is 0.907 bits per heavy atom. The Kier molecular flexibility index (Phi) is 14.0. The van der Waals surface area contributed by atoms with Gasteiger partial charge in [0.2, 0.25) is 5.52 Å². The van der Waals surface area contributed by atoms with Crippen molar-refractivity contribution in [2.75, 3.05) is 43.1 Å². The molecule has 0 aliphatic carbocycles. The summed E-state index contributed by atoms with van der Waals surface area (Å²) in [5.41, 5.74) is 2.01. The second-order valence-corrected chi connectivity index (χ2v) is 17.0. The van der Waals surface area contributed by atoms with E-state index in [0.29, 0.717) is 25.9 Å². The first-order chi connectivity index (χ1) is 20.2. The Morgan fingerprint density at radius 2 is 1.51 bits per heavy atom. The van der Waals surface area contributed by atoms with Gasteiger partial charge in [-0.3, -0.25) is 0 Å². The Morgan fingerprint density at radius 3 is 2.12 bits per heavy atom. The van der Waals surface area contributed by atoms with Crippen molar-refractivity contribution >= 4 is 97.2 Å². The number of aryl methyl sites for hydroxylation is 1. The van der Waals surface area contributed by atoms with Gasteiger partial charge in [-0.05, 0) is 69.7 Å². The molecule has 43 heavy (non-hydrogen) atoms. The first kappa shape index (κ1) is 36.4. The molecule has 1 aliphatic rings. The number of benzene rings is 2. The first-order valence-electron chi connectivity index (χ1n) is 13.8. The zero-order valence-electron chi connectivity index (χ0n) is 24.3. The summed E-state index contributed by atoms with van der Waals surface area (Å²) >= 11 is 10.3. The Hall–Kier alpha value is -1.04. The maximum Gasteiger partial charge on any atom is 0.265 e. The minimum Gasteiger partial charge on any atom is -0.748 e. The monoisotopic (exact) mass is 796 g/mol. The van der Waals surface area contributed by atoms with E-state index in [1.807, 2.05) is 36.4 Å². The van der Waals surface area contributed by atoms with Crippen LogP contribution >= 0.6 is 55.0 Å². The lowest BCUT2D eigenvalue weighted by molar-refractivity contribution is -0.669. The molecular formula is C28H36Br2N3O6S4-. The van der Waals surface area contributed by atoms with Crippen molar-refractivity contribution in [3.8, 4) is 0 Å². The molecule has 2 aromatic carbocycles. The molecule has 2 heterocycles. The number of halogens is 2. The second kappa shape index (κ2) is 16.5. The fourth-order valence-corrected chi connectivity index (χ4v) is 8.35. The summed E-state index contributed by atoms with van der Waals surface area (Å²) in [4.78, 5) is 5.46. The molecule has 0 saturated carbocycles. The number of rotatable bonds is 13. The molecule has 9 nitrogen and oxygen atoms in total. The van der Waals surface area contributed by atoms with Gasteiger partial charge in [0.15, 0.2) is 6.54 Å². The molecule has 0 spiro atoms. The van der Waals surface area contributed by atoms with E-state index in [1.54, 1.807) is 23.1 Å². The quantitative estimate of drug-likeness (QED) is 0.112. The molecule has 0 atom stereocenters. The Bertz CT molecular complexity index is 1640. The summed E-state index contributed by atoms with van der Waals surface area (Å²) in [6.07, 6.45) is 3.72. The van der Waals surface area contributed by atoms with Crippen LogP contribution in [0.1, 0.15) is 44.5 Å². The van der Waals surface area contributed by atoms with Gasteiger partial charge in [-0.1, -0.05) is 68.8 Å². The van der Waals surface area contributed by atoms with Gasteiger partial charge in [0.1, 0.15) is 4.70 Å². The summed E-state index contributed by atoms with van der Waals surface area (Å²) in [5.74, 6) is -0.773. The zero-order chi connectivity index (χ0) is 31.8. The Labute approximate surface area is 280 Å². The summed E-state index contributed by atoms with van der Waals surface area (Å²) < 4.78 is 71.3. The highest BCUT2D eigenvalue weighted by molar-refractivity contribution is 9.10. The van der Waals surface area contributed by atoms with Crippen LogP contribution in [-0.4, -0.2) is 69.0 Å². The Balaban J connectivity index is 0.000000765. The fourth-order valence-electron chi connectivity index (χ4n) is 4.25. The number of thiazole rings is 1. The largest absolute Gasteiger partial charge is 0.748 e. The zero-order valence-corrected chi connectivity index (χ0v) is 30.7. The number of nitrogens with zero attached hydrogens (tertiary/aromatic N) is 3. The van der Waals surface area contributed by atoms with Gasteiger partial charge in [-0.2, -0.15) is 4.57 Å². The van der Waals surface area contributed by atoms with Crippen molar-refractivity contribution in [3.05, 3.63) is 55.4 Å². The molecular weight excluding hydrogens is 762 g/mol. The molecule has 0 radical (unpaired) electrons. The van der Waals surface area contributed by atoms with E-state index in [2.05, 4.69) is 73.2 Å². The van der Waals surface area contributed by atoms with E-state index in [9.17, 15) is 25.9 Å². The molecule has 15 heteroatoms. The van der Waals surface area contributed by atoms with Gasteiger partial charge in [-0.15, -0.1) is 0 Å². The lowest BCUT2D eigenvalue weighted by Gasteiger charge is -2.20. The van der Waals surface area contributed by atoms with Crippen LogP contribution in [0.3, 0.4) is 0 Å². The van der Waals surface area contributed by atoms with Gasteiger partial charge >= 0.3 is 0 Å². The fraction of sp³-hybridized carbons (Fsp3) is 0.464. The predicted octanol–water partition coefficient (Wildman–Crippen LogP) is 6.23. The van der Waals surface area contributed by atoms with Crippen molar-refractivity contribution in [3.63, 3.8) is 0 Å². The molecule has 0 bridgehead atoms. The molecule has 1 aromatic heterocycles. The van der Waals surface area contributed by atoms with Crippen LogP contribution in [0.5, 0.6) is 0 Å². The summed E-state index contributed by atoms with van der Waals surface area (Å²) in [5, 5.41) is 1.94. The summed E-state index contributed by atoms with van der Waals surface area (Å²) in [7, 11) is -6.39. The smallest absolute Gasteiger partial charge is 0.265 e. The SMILES string of the molecule is CCN(C)CC.O=S(=O)([O-])CCCCN1/C(=C/c2sc3ccc(Br)cc3[n+]2CCCCS(=O)(=O)[O-])Sc2ccc(Br)cc21. The van der Waals surface area contributed by atoms with Gasteiger partial charge < -0.3 is 18.9 Å². The third-order valence-electron chi connectivity index (χ3n) is 6.76. The van der Waals surface area contributed by atoms with Crippen molar-refractivity contribution in [2.24, 2.45) is 0 Å². The lowest BCUT2D eigenvalue weighted by Crippen LogP contribution is -2.35. The van der Waals surface area contributed by atoms with Gasteiger partial charge in [0.05, 0.1) is 37.0 Å². The second-order valence-electron chi connectivity index (χ2n) is 9.98. The normalized spacial score (nSPS) is 14.4. The highest BCUT2D eigenvalue weighted by Crippen LogP contribution is 2.48. The third kappa shape index (κ3) is 11.7. The van der Waals surface area contributed by atoms with Crippen LogP contribution in [0, 0.1) is 0 Å². The number of anilines is 1. The highest BCUT2D eigenvalue weighted by Gasteiger charge is 2.28. The number of thioether (sulfide) groups is 1. The molecule has 3 aromatic rings. The van der Waals surface area contributed by atoms with Gasteiger partial charge in [0.25, 0.3) is 5.01 Å². The summed E-state index contributed by atoms with van der Waals surface area (Å²) in [6.45, 7) is 7.74. The third-order valence-corrected chi connectivity index (χ3v) is 11.6. The lowest BCUT2D eigenvalue weighted by atomic mass is 10.2. The van der Waals surface area contributed by atoms with Gasteiger partial charge in [0, 0.05) is 44.4 Å². The van der Waals surface area contributed by atoms with Crippen LogP contribution < -0.4 is 9.47 Å². The molecule has 1 aliphatic heterocycles. The average molecular weight is 799 g/mol. The highest BCUT2D eigenvalue weighted by atomic mass is 79.9. The van der Waals surface area contributed by atoms with Crippen LogP contribution in [0.2, 0.25) is 0 Å². The number of fused-ring (bicyclic) bond motifs is 2. The minimum atomic E-state index is -4.25. The topological polar surface area (TPSA) is 125 Å². The molecule has 0 unspecified atom stereocenters. The number of unbranched alkanes of at least 4 members (excludes halogenated alkanes) is 2. The van der Waals surface area contributed by atoms with Crippen LogP contribution in [0.4, 0.5) is 5.69 Å². The minimum absolute atomic E-state index is 0.281. The van der Waals surface area contributed by atoms with E-state index < -0.39 is 20.2 Å². The van der Waals surface area contributed by atoms with E-state index >= 15 is 0 Å². The molecule has 0 amide bonds. The average Bonchev–Trinajstić information content (AvgIpc) is 3.44. The molecule has 0 N–H and O–H groups in total. The van der Waals surface area contributed by atoms with Crippen LogP contribution in [0.25, 0.3) is 16.3 Å². The van der Waals surface area contributed by atoms with E-state index in [-0.39, 0.29) is 24.3 Å². The first-order valence-corrected chi connectivity index (χ1v) is 20.2. The van der Waals surface area contributed by atoms with Gasteiger partial charge in [-0.25, -0.2) is 16.8 Å². The molecule has 0 saturated heterocycles. The van der Waals surface area contributed by atoms with Crippen LogP contribution in [0.15, 0.2) is 55.3 Å². The van der Waals surface area contributed by atoms with E-state index in [4.69, 9.17) is 0 Å². The van der Waals surface area contributed by atoms with Crippen LogP contribution in [-0.2, 0) is 26.8 Å². The standard InChI is InChI=1S/C23H24Br2N2O6S4.C5H13N/c24-16-5-7-20-18(13-16)26(9-1-3-11-36(28,29)30)22(34-20)15-23-27(10-2-4-12-37(31,32)33)19-14-17(25)6-8-21(19)35-23;1-4-6(3)5-2/h5-8,13-15H,1-4,9-12H2,(H-,28,29,30,31,32,33);4-5H2,1-3H3/p-1. The van der Waals surface area contributed by atoms with Crippen molar-refractivity contribution in [1.82, 2.24) is 4.90 Å². The van der Waals surface area contributed by atoms with E-state index in [0.717, 1.165) is 52.9 Å². The number of aromatic nitrogens is 1. The molecule has 4 rings (SSSR count). The molecule has 238 valence electrons. The predicted molar refractivity (Wildman–Crippen MR) is 181 cm³/mol. The number of hydrogen-bond acceptors (Lipinski definition) is 10. The maximum absolute atomic E-state index is 11.0. The van der Waals surface area contributed by atoms with Crippen molar-refractivity contribution in [2.45, 2.75) is 51.0 Å². The maximum atomic E-state index is 11.0. The van der Waals surface area contributed by atoms with Crippen molar-refractivity contribution < 1.29 is 30.5 Å². The summed E-state index contributed by atoms with van der Waals surface area (Å²) in [6, 6.07) is 12.0.